The minimum Gasteiger partial charge on any atom is -0.508 e. The lowest BCUT2D eigenvalue weighted by Crippen LogP contribution is -2.18. The van der Waals surface area contributed by atoms with Crippen LogP contribution in [0.2, 0.25) is 0 Å². The number of benzene rings is 3. The third kappa shape index (κ3) is 2.63. The Morgan fingerprint density at radius 2 is 1.62 bits per heavy atom. The second kappa shape index (κ2) is 5.98. The fourth-order valence-corrected chi connectivity index (χ4v) is 2.93. The summed E-state index contributed by atoms with van der Waals surface area (Å²) in [6.45, 7) is 0.783. The van der Waals surface area contributed by atoms with Gasteiger partial charge in [0.25, 0.3) is 0 Å². The molecule has 0 heterocycles. The fraction of sp³-hybridized carbons (Fsp3) is 0.158. The lowest BCUT2D eigenvalue weighted by atomic mass is 9.87. The molecule has 3 aromatic carbocycles. The average molecular weight is 277 g/mol. The Balaban J connectivity index is 2.22. The smallest absolute Gasteiger partial charge is 0.120 e. The van der Waals surface area contributed by atoms with E-state index in [1.165, 1.54) is 5.56 Å². The Morgan fingerprint density at radius 3 is 2.38 bits per heavy atom. The second-order valence-corrected chi connectivity index (χ2v) is 5.24. The maximum Gasteiger partial charge on any atom is 0.120 e. The molecule has 0 aliphatic rings. The van der Waals surface area contributed by atoms with Crippen molar-refractivity contribution >= 4 is 10.8 Å². The first-order valence-electron chi connectivity index (χ1n) is 7.21. The largest absolute Gasteiger partial charge is 0.508 e. The van der Waals surface area contributed by atoms with Gasteiger partial charge >= 0.3 is 0 Å². The van der Waals surface area contributed by atoms with Gasteiger partial charge in [-0.3, -0.25) is 0 Å². The van der Waals surface area contributed by atoms with Gasteiger partial charge in [-0.25, -0.2) is 0 Å². The third-order valence-electron chi connectivity index (χ3n) is 3.91. The highest BCUT2D eigenvalue weighted by atomic mass is 16.3. The molecular formula is C19H19NO. The van der Waals surface area contributed by atoms with Gasteiger partial charge in [-0.2, -0.15) is 0 Å². The van der Waals surface area contributed by atoms with Gasteiger partial charge in [-0.05, 0) is 29.4 Å². The molecule has 2 nitrogen and oxygen atoms in total. The van der Waals surface area contributed by atoms with Crippen LogP contribution >= 0.6 is 0 Å². The number of phenols is 1. The number of phenolic OH excluding ortho intramolecular Hbond substituents is 1. The summed E-state index contributed by atoms with van der Waals surface area (Å²) in [6, 6.07) is 22.3. The van der Waals surface area contributed by atoms with Crippen molar-refractivity contribution in [3.63, 3.8) is 0 Å². The van der Waals surface area contributed by atoms with E-state index >= 15 is 0 Å². The molecule has 106 valence electrons. The molecule has 1 unspecified atom stereocenters. The van der Waals surface area contributed by atoms with Crippen molar-refractivity contribution in [3.8, 4) is 5.75 Å². The number of likely N-dealkylation sites (N-methyl/N-ethyl adjacent to an activating group) is 1. The molecule has 2 heteroatoms. The third-order valence-corrected chi connectivity index (χ3v) is 3.91. The van der Waals surface area contributed by atoms with Crippen molar-refractivity contribution in [1.29, 1.82) is 0 Å². The predicted octanol–water partition coefficient (Wildman–Crippen LogP) is 3.90. The van der Waals surface area contributed by atoms with Crippen LogP contribution in [0.3, 0.4) is 0 Å². The van der Waals surface area contributed by atoms with E-state index in [-0.39, 0.29) is 5.92 Å². The van der Waals surface area contributed by atoms with E-state index in [0.717, 1.165) is 22.9 Å². The first-order chi connectivity index (χ1) is 10.3. The van der Waals surface area contributed by atoms with Crippen molar-refractivity contribution in [1.82, 2.24) is 5.32 Å². The van der Waals surface area contributed by atoms with Gasteiger partial charge in [0.1, 0.15) is 5.75 Å². The van der Waals surface area contributed by atoms with Gasteiger partial charge in [0.05, 0.1) is 0 Å². The molecule has 0 radical (unpaired) electrons. The SMILES string of the molecule is CNCC(c1ccccc1)c1c(O)ccc2ccccc12. The summed E-state index contributed by atoms with van der Waals surface area (Å²) in [6.07, 6.45) is 0. The van der Waals surface area contributed by atoms with Crippen molar-refractivity contribution in [3.05, 3.63) is 77.9 Å². The van der Waals surface area contributed by atoms with Gasteiger partial charge in [-0.1, -0.05) is 60.7 Å². The number of hydrogen-bond donors (Lipinski definition) is 2. The summed E-state index contributed by atoms with van der Waals surface area (Å²) in [4.78, 5) is 0. The zero-order valence-electron chi connectivity index (χ0n) is 12.1. The van der Waals surface area contributed by atoms with Gasteiger partial charge in [0, 0.05) is 18.0 Å². The maximum absolute atomic E-state index is 10.4. The molecule has 0 aliphatic heterocycles. The van der Waals surface area contributed by atoms with Crippen molar-refractivity contribution in [2.24, 2.45) is 0 Å². The molecule has 1 atom stereocenters. The molecule has 21 heavy (non-hydrogen) atoms. The van der Waals surface area contributed by atoms with Crippen LogP contribution in [-0.4, -0.2) is 18.7 Å². The summed E-state index contributed by atoms with van der Waals surface area (Å²) in [5, 5.41) is 16.0. The molecule has 3 aromatic rings. The van der Waals surface area contributed by atoms with Crippen LogP contribution in [0.15, 0.2) is 66.7 Å². The molecule has 0 spiro atoms. The molecule has 0 fully saturated rings. The number of hydrogen-bond acceptors (Lipinski definition) is 2. The molecule has 0 aliphatic carbocycles. The highest BCUT2D eigenvalue weighted by Crippen LogP contribution is 2.36. The van der Waals surface area contributed by atoms with E-state index in [1.54, 1.807) is 6.07 Å². The topological polar surface area (TPSA) is 32.3 Å². The van der Waals surface area contributed by atoms with E-state index in [0.29, 0.717) is 5.75 Å². The predicted molar refractivity (Wildman–Crippen MR) is 87.8 cm³/mol. The summed E-state index contributed by atoms with van der Waals surface area (Å²) < 4.78 is 0. The standard InChI is InChI=1S/C19H19NO/c1-20-13-17(14-7-3-2-4-8-14)19-16-10-6-5-9-15(16)11-12-18(19)21/h2-12,17,20-21H,13H2,1H3. The average Bonchev–Trinajstić information content (AvgIpc) is 2.54. The van der Waals surface area contributed by atoms with Gasteiger partial charge in [0.2, 0.25) is 0 Å². The Morgan fingerprint density at radius 1 is 0.905 bits per heavy atom. The lowest BCUT2D eigenvalue weighted by molar-refractivity contribution is 0.465. The summed E-state index contributed by atoms with van der Waals surface area (Å²) in [7, 11) is 1.94. The maximum atomic E-state index is 10.4. The van der Waals surface area contributed by atoms with E-state index in [2.05, 4.69) is 29.6 Å². The fourth-order valence-electron chi connectivity index (χ4n) is 2.93. The number of fused-ring (bicyclic) bond motifs is 1. The summed E-state index contributed by atoms with van der Waals surface area (Å²) in [5.74, 6) is 0.486. The molecule has 0 bridgehead atoms. The van der Waals surface area contributed by atoms with Crippen LogP contribution in [0.25, 0.3) is 10.8 Å². The van der Waals surface area contributed by atoms with Crippen LogP contribution in [0, 0.1) is 0 Å². The Hall–Kier alpha value is -2.32. The summed E-state index contributed by atoms with van der Waals surface area (Å²) in [5.41, 5.74) is 2.20. The quantitative estimate of drug-likeness (QED) is 0.758. The highest BCUT2D eigenvalue weighted by molar-refractivity contribution is 5.88. The van der Waals surface area contributed by atoms with E-state index in [9.17, 15) is 5.11 Å². The minimum atomic E-state index is 0.127. The van der Waals surface area contributed by atoms with Gasteiger partial charge in [0.15, 0.2) is 0 Å². The molecule has 0 aromatic heterocycles. The van der Waals surface area contributed by atoms with Crippen LogP contribution in [0.4, 0.5) is 0 Å². The number of rotatable bonds is 4. The van der Waals surface area contributed by atoms with Gasteiger partial charge in [-0.15, -0.1) is 0 Å². The Kier molecular flexibility index (Phi) is 3.89. The normalized spacial score (nSPS) is 12.4. The van der Waals surface area contributed by atoms with E-state index < -0.39 is 0 Å². The molecular weight excluding hydrogens is 258 g/mol. The van der Waals surface area contributed by atoms with Crippen molar-refractivity contribution in [2.75, 3.05) is 13.6 Å². The first kappa shape index (κ1) is 13.7. The summed E-state index contributed by atoms with van der Waals surface area (Å²) >= 11 is 0. The van der Waals surface area contributed by atoms with Crippen LogP contribution in [-0.2, 0) is 0 Å². The number of nitrogens with one attached hydrogen (secondary N) is 1. The van der Waals surface area contributed by atoms with Crippen molar-refractivity contribution in [2.45, 2.75) is 5.92 Å². The lowest BCUT2D eigenvalue weighted by Gasteiger charge is -2.21. The Bertz CT molecular complexity index is 737. The molecule has 2 N–H and O–H groups in total. The van der Waals surface area contributed by atoms with Crippen LogP contribution < -0.4 is 5.32 Å². The Labute approximate surface area is 125 Å². The van der Waals surface area contributed by atoms with E-state index in [4.69, 9.17) is 0 Å². The monoisotopic (exact) mass is 277 g/mol. The molecule has 0 saturated heterocycles. The second-order valence-electron chi connectivity index (χ2n) is 5.24. The van der Waals surface area contributed by atoms with Gasteiger partial charge < -0.3 is 10.4 Å². The van der Waals surface area contributed by atoms with Crippen molar-refractivity contribution < 1.29 is 5.11 Å². The first-order valence-corrected chi connectivity index (χ1v) is 7.21. The highest BCUT2D eigenvalue weighted by Gasteiger charge is 2.19. The zero-order chi connectivity index (χ0) is 14.7. The number of aromatic hydroxyl groups is 1. The van der Waals surface area contributed by atoms with E-state index in [1.807, 2.05) is 43.4 Å². The molecule has 3 rings (SSSR count). The molecule has 0 amide bonds. The minimum absolute atomic E-state index is 0.127. The zero-order valence-corrected chi connectivity index (χ0v) is 12.1. The molecule has 0 saturated carbocycles. The van der Waals surface area contributed by atoms with Crippen LogP contribution in [0.1, 0.15) is 17.0 Å². The van der Waals surface area contributed by atoms with Crippen LogP contribution in [0.5, 0.6) is 5.75 Å².